The highest BCUT2D eigenvalue weighted by Crippen LogP contribution is 2.36. The average Bonchev–Trinajstić information content (AvgIpc) is 2.95. The normalized spacial score (nSPS) is 14.3. The summed E-state index contributed by atoms with van der Waals surface area (Å²) in [5.74, 6) is -0.884. The predicted molar refractivity (Wildman–Crippen MR) is 85.9 cm³/mol. The Labute approximate surface area is 168 Å². The summed E-state index contributed by atoms with van der Waals surface area (Å²) in [6, 6.07) is 0.572. The number of nitrogens with zero attached hydrogens (tertiary/aromatic N) is 4. The van der Waals surface area contributed by atoms with Gasteiger partial charge in [0.15, 0.2) is 22.6 Å². The molecule has 31 heavy (non-hydrogen) atoms. The molecule has 1 N–H and O–H groups in total. The molecule has 0 aromatic carbocycles. The highest BCUT2D eigenvalue weighted by atomic mass is 32.2. The maximum Gasteiger partial charge on any atom is 0.417 e. The number of aromatic nitrogens is 4. The SMILES string of the molecule is O=S(O)c1cc(C(F)(F)F)cnc1-c1nc2cc(C(F)(F)F)cnc2n1CC(F)(F)F. The van der Waals surface area contributed by atoms with Crippen LogP contribution in [0.5, 0.6) is 0 Å². The van der Waals surface area contributed by atoms with E-state index < -0.39 is 74.9 Å². The number of halogens is 9. The van der Waals surface area contributed by atoms with Gasteiger partial charge in [0, 0.05) is 12.4 Å². The van der Waals surface area contributed by atoms with Crippen molar-refractivity contribution in [2.45, 2.75) is 30.0 Å². The molecule has 3 heterocycles. The van der Waals surface area contributed by atoms with Crippen molar-refractivity contribution in [1.82, 2.24) is 19.5 Å². The van der Waals surface area contributed by atoms with Crippen LogP contribution in [0.3, 0.4) is 0 Å². The van der Waals surface area contributed by atoms with Crippen LogP contribution in [-0.4, -0.2) is 34.5 Å². The smallest absolute Gasteiger partial charge is 0.302 e. The Bertz CT molecular complexity index is 1170. The molecule has 1 unspecified atom stereocenters. The van der Waals surface area contributed by atoms with Gasteiger partial charge in [-0.25, -0.2) is 14.2 Å². The lowest BCUT2D eigenvalue weighted by Crippen LogP contribution is -2.19. The van der Waals surface area contributed by atoms with E-state index in [0.29, 0.717) is 6.07 Å². The van der Waals surface area contributed by atoms with Gasteiger partial charge in [-0.2, -0.15) is 39.5 Å². The van der Waals surface area contributed by atoms with Crippen molar-refractivity contribution >= 4 is 22.2 Å². The van der Waals surface area contributed by atoms with Gasteiger partial charge < -0.3 is 4.55 Å². The zero-order chi connectivity index (χ0) is 23.4. The van der Waals surface area contributed by atoms with Gasteiger partial charge in [-0.3, -0.25) is 9.55 Å². The molecule has 3 rings (SSSR count). The van der Waals surface area contributed by atoms with Gasteiger partial charge in [-0.15, -0.1) is 0 Å². The van der Waals surface area contributed by atoms with Crippen LogP contribution in [-0.2, 0) is 30.0 Å². The van der Waals surface area contributed by atoms with E-state index in [4.69, 9.17) is 0 Å². The van der Waals surface area contributed by atoms with Crippen LogP contribution in [0.4, 0.5) is 39.5 Å². The molecule has 0 fully saturated rings. The predicted octanol–water partition coefficient (Wildman–Crippen LogP) is 4.67. The number of imidazole rings is 1. The summed E-state index contributed by atoms with van der Waals surface area (Å²) in [5.41, 5.74) is -5.02. The van der Waals surface area contributed by atoms with Crippen LogP contribution in [0, 0.1) is 0 Å². The van der Waals surface area contributed by atoms with E-state index in [2.05, 4.69) is 15.0 Å². The Morgan fingerprint density at radius 3 is 1.97 bits per heavy atom. The van der Waals surface area contributed by atoms with Crippen molar-refractivity contribution in [1.29, 1.82) is 0 Å². The molecule has 0 bridgehead atoms. The molecule has 3 aromatic heterocycles. The largest absolute Gasteiger partial charge is 0.417 e. The highest BCUT2D eigenvalue weighted by molar-refractivity contribution is 7.79. The fourth-order valence-electron chi connectivity index (χ4n) is 2.58. The van der Waals surface area contributed by atoms with Crippen LogP contribution >= 0.6 is 0 Å². The van der Waals surface area contributed by atoms with Gasteiger partial charge in [0.25, 0.3) is 0 Å². The van der Waals surface area contributed by atoms with E-state index in [1.54, 1.807) is 0 Å². The van der Waals surface area contributed by atoms with Gasteiger partial charge in [-0.05, 0) is 12.1 Å². The molecule has 16 heteroatoms. The molecule has 0 spiro atoms. The molecular weight excluding hydrogens is 471 g/mol. The van der Waals surface area contributed by atoms with E-state index in [0.717, 1.165) is 0 Å². The lowest BCUT2D eigenvalue weighted by molar-refractivity contribution is -0.140. The number of alkyl halides is 9. The van der Waals surface area contributed by atoms with E-state index >= 15 is 0 Å². The Morgan fingerprint density at radius 1 is 0.903 bits per heavy atom. The second-order valence-electron chi connectivity index (χ2n) is 6.02. The first-order valence-electron chi connectivity index (χ1n) is 7.76. The second kappa shape index (κ2) is 7.44. The minimum atomic E-state index is -4.99. The van der Waals surface area contributed by atoms with Gasteiger partial charge >= 0.3 is 18.5 Å². The molecule has 168 valence electrons. The summed E-state index contributed by atoms with van der Waals surface area (Å²) in [4.78, 5) is 9.21. The molecule has 6 nitrogen and oxygen atoms in total. The minimum Gasteiger partial charge on any atom is -0.302 e. The Kier molecular flexibility index (Phi) is 5.50. The van der Waals surface area contributed by atoms with Crippen molar-refractivity contribution in [3.8, 4) is 11.5 Å². The Morgan fingerprint density at radius 2 is 1.45 bits per heavy atom. The van der Waals surface area contributed by atoms with Crippen molar-refractivity contribution in [2.24, 2.45) is 0 Å². The van der Waals surface area contributed by atoms with Crippen LogP contribution in [0.25, 0.3) is 22.7 Å². The molecule has 0 aliphatic rings. The van der Waals surface area contributed by atoms with Crippen LogP contribution in [0.2, 0.25) is 0 Å². The third-order valence-electron chi connectivity index (χ3n) is 3.83. The zero-order valence-electron chi connectivity index (χ0n) is 14.5. The van der Waals surface area contributed by atoms with E-state index in [9.17, 15) is 48.3 Å². The Balaban J connectivity index is 2.32. The summed E-state index contributed by atoms with van der Waals surface area (Å²) in [5, 5.41) is 0. The van der Waals surface area contributed by atoms with Crippen LogP contribution < -0.4 is 0 Å². The van der Waals surface area contributed by atoms with Crippen molar-refractivity contribution in [2.75, 3.05) is 0 Å². The summed E-state index contributed by atoms with van der Waals surface area (Å²) >= 11 is -3.16. The monoisotopic (exact) mass is 478 g/mol. The molecule has 0 saturated carbocycles. The molecule has 0 saturated heterocycles. The van der Waals surface area contributed by atoms with E-state index in [1.165, 1.54) is 0 Å². The number of hydrogen-bond donors (Lipinski definition) is 1. The van der Waals surface area contributed by atoms with Gasteiger partial charge in [0.2, 0.25) is 0 Å². The maximum absolute atomic E-state index is 13.1. The molecular formula is C15H7F9N4O2S. The van der Waals surface area contributed by atoms with Crippen LogP contribution in [0.1, 0.15) is 11.1 Å². The number of pyridine rings is 2. The molecule has 0 aliphatic carbocycles. The first-order valence-corrected chi connectivity index (χ1v) is 8.87. The standard InChI is InChI=1S/C15H7F9N4O2S/c16-13(17,18)5-28-11-8(1-6(4-26-11)14(19,20)21)27-12(28)10-9(31(29)30)2-7(3-25-10)15(22,23)24/h1-4H,5H2,(H,29,30). The van der Waals surface area contributed by atoms with Gasteiger partial charge in [0.05, 0.1) is 16.0 Å². The van der Waals surface area contributed by atoms with E-state index in [-0.39, 0.29) is 23.0 Å². The molecule has 3 aromatic rings. The number of hydrogen-bond acceptors (Lipinski definition) is 4. The number of rotatable bonds is 3. The summed E-state index contributed by atoms with van der Waals surface area (Å²) in [6.07, 6.45) is -14.4. The zero-order valence-corrected chi connectivity index (χ0v) is 15.3. The topological polar surface area (TPSA) is 80.9 Å². The second-order valence-corrected chi connectivity index (χ2v) is 6.96. The Hall–Kier alpha value is -2.75. The first kappa shape index (κ1) is 22.9. The van der Waals surface area contributed by atoms with E-state index in [1.807, 2.05) is 0 Å². The lowest BCUT2D eigenvalue weighted by atomic mass is 10.2. The minimum absolute atomic E-state index is 0.185. The molecule has 0 amide bonds. The molecule has 0 aliphatic heterocycles. The van der Waals surface area contributed by atoms with Crippen molar-refractivity contribution in [3.63, 3.8) is 0 Å². The van der Waals surface area contributed by atoms with Crippen molar-refractivity contribution < 1.29 is 48.3 Å². The molecule has 0 radical (unpaired) electrons. The van der Waals surface area contributed by atoms with Crippen LogP contribution in [0.15, 0.2) is 29.4 Å². The highest BCUT2D eigenvalue weighted by Gasteiger charge is 2.36. The average molecular weight is 478 g/mol. The fraction of sp³-hybridized carbons (Fsp3) is 0.267. The van der Waals surface area contributed by atoms with Crippen molar-refractivity contribution in [3.05, 3.63) is 35.7 Å². The summed E-state index contributed by atoms with van der Waals surface area (Å²) in [7, 11) is 0. The van der Waals surface area contributed by atoms with Gasteiger partial charge in [-0.1, -0.05) is 0 Å². The quantitative estimate of drug-likeness (QED) is 0.437. The molecule has 1 atom stereocenters. The lowest BCUT2D eigenvalue weighted by Gasteiger charge is -2.14. The maximum atomic E-state index is 13.1. The van der Waals surface area contributed by atoms with Gasteiger partial charge in [0.1, 0.15) is 17.8 Å². The summed E-state index contributed by atoms with van der Waals surface area (Å²) in [6.45, 7) is -1.85. The summed E-state index contributed by atoms with van der Waals surface area (Å²) < 4.78 is 138. The third-order valence-corrected chi connectivity index (χ3v) is 4.52. The fourth-order valence-corrected chi connectivity index (χ4v) is 3.11. The first-order chi connectivity index (χ1) is 14.1. The number of fused-ring (bicyclic) bond motifs is 1. The third kappa shape index (κ3) is 4.79.